The van der Waals surface area contributed by atoms with E-state index in [1.807, 2.05) is 0 Å². The van der Waals surface area contributed by atoms with Crippen LogP contribution in [0.1, 0.15) is 19.8 Å². The number of alkyl halides is 1. The molecule has 2 aliphatic rings. The fraction of sp³-hybridized carbons (Fsp3) is 0.667. The van der Waals surface area contributed by atoms with Crippen molar-refractivity contribution in [3.05, 3.63) is 23.1 Å². The summed E-state index contributed by atoms with van der Waals surface area (Å²) in [5.41, 5.74) is -1.30. The molecule has 3 nitrogen and oxygen atoms in total. The first-order valence-electron chi connectivity index (χ1n) is 5.83. The molecule has 1 fully saturated rings. The lowest BCUT2D eigenvalue weighted by Crippen LogP contribution is -2.51. The lowest BCUT2D eigenvalue weighted by atomic mass is 9.65. The molecule has 2 rings (SSSR count). The van der Waals surface area contributed by atoms with Gasteiger partial charge in [-0.1, -0.05) is 19.1 Å². The number of rotatable bonds is 3. The number of methoxy groups -OCH3 is 1. The van der Waals surface area contributed by atoms with Crippen LogP contribution in [0.25, 0.3) is 0 Å². The summed E-state index contributed by atoms with van der Waals surface area (Å²) in [5.74, 6) is -0.507. The van der Waals surface area contributed by atoms with Crippen LogP contribution in [-0.2, 0) is 13.8 Å². The molecular weight excluding hydrogens is 279 g/mol. The predicted octanol–water partition coefficient (Wildman–Crippen LogP) is 2.78. The highest BCUT2D eigenvalue weighted by Crippen LogP contribution is 2.48. The average Bonchev–Trinajstić information content (AvgIpc) is 2.23. The van der Waals surface area contributed by atoms with Crippen molar-refractivity contribution in [2.75, 3.05) is 7.11 Å². The standard InChI is InChI=1S/C12H16ClFO3S/c1-8-5-10(18(13,15)16)3-4-11(8)12(14)6-9(7-12)17-2/h3-5,8-9,11H,6-7H2,1-2H3. The normalized spacial score (nSPS) is 40.2. The van der Waals surface area contributed by atoms with E-state index in [1.54, 1.807) is 20.1 Å². The molecule has 1 saturated carbocycles. The van der Waals surface area contributed by atoms with Gasteiger partial charge in [-0.05, 0) is 12.0 Å². The van der Waals surface area contributed by atoms with Gasteiger partial charge in [0.15, 0.2) is 0 Å². The highest BCUT2D eigenvalue weighted by atomic mass is 35.7. The lowest BCUT2D eigenvalue weighted by molar-refractivity contribution is -0.105. The predicted molar refractivity (Wildman–Crippen MR) is 68.5 cm³/mol. The minimum atomic E-state index is -3.73. The van der Waals surface area contributed by atoms with Crippen LogP contribution in [0.4, 0.5) is 4.39 Å². The minimum Gasteiger partial charge on any atom is -0.381 e. The Labute approximate surface area is 111 Å². The van der Waals surface area contributed by atoms with E-state index in [9.17, 15) is 12.8 Å². The Balaban J connectivity index is 2.13. The van der Waals surface area contributed by atoms with E-state index in [-0.39, 0.29) is 22.8 Å². The molecule has 2 unspecified atom stereocenters. The fourth-order valence-electron chi connectivity index (χ4n) is 2.73. The van der Waals surface area contributed by atoms with Crippen molar-refractivity contribution in [1.82, 2.24) is 0 Å². The van der Waals surface area contributed by atoms with Crippen LogP contribution in [0.2, 0.25) is 0 Å². The van der Waals surface area contributed by atoms with Crippen molar-refractivity contribution in [3.63, 3.8) is 0 Å². The summed E-state index contributed by atoms with van der Waals surface area (Å²) < 4.78 is 42.1. The van der Waals surface area contributed by atoms with Gasteiger partial charge in [-0.25, -0.2) is 12.8 Å². The zero-order valence-electron chi connectivity index (χ0n) is 10.3. The van der Waals surface area contributed by atoms with E-state index in [4.69, 9.17) is 15.4 Å². The van der Waals surface area contributed by atoms with Gasteiger partial charge in [0.1, 0.15) is 5.67 Å². The van der Waals surface area contributed by atoms with Crippen molar-refractivity contribution in [3.8, 4) is 0 Å². The molecule has 0 bridgehead atoms. The Kier molecular flexibility index (Phi) is 3.60. The van der Waals surface area contributed by atoms with Gasteiger partial charge in [0.05, 0.1) is 11.0 Å². The molecule has 6 heteroatoms. The van der Waals surface area contributed by atoms with Crippen LogP contribution >= 0.6 is 10.7 Å². The third-order valence-corrected chi connectivity index (χ3v) is 5.18. The highest BCUT2D eigenvalue weighted by Gasteiger charge is 2.51. The first-order chi connectivity index (χ1) is 8.26. The second-order valence-corrected chi connectivity index (χ2v) is 7.62. The molecule has 0 aromatic rings. The molecular formula is C12H16ClFO3S. The van der Waals surface area contributed by atoms with E-state index >= 15 is 0 Å². The van der Waals surface area contributed by atoms with E-state index in [1.165, 1.54) is 12.2 Å². The zero-order chi connectivity index (χ0) is 13.6. The van der Waals surface area contributed by atoms with Crippen LogP contribution < -0.4 is 0 Å². The topological polar surface area (TPSA) is 43.4 Å². The lowest BCUT2D eigenvalue weighted by Gasteiger charge is -2.46. The van der Waals surface area contributed by atoms with Gasteiger partial charge in [0.25, 0.3) is 9.05 Å². The molecule has 0 saturated heterocycles. The number of halogens is 2. The molecule has 0 aromatic carbocycles. The van der Waals surface area contributed by atoms with E-state index in [0.29, 0.717) is 12.8 Å². The maximum Gasteiger partial charge on any atom is 0.260 e. The summed E-state index contributed by atoms with van der Waals surface area (Å²) in [4.78, 5) is 0.0548. The van der Waals surface area contributed by atoms with E-state index in [2.05, 4.69) is 0 Å². The van der Waals surface area contributed by atoms with Crippen LogP contribution in [-0.4, -0.2) is 27.3 Å². The molecule has 2 aliphatic carbocycles. The Bertz CT molecular complexity index is 491. The molecule has 2 atom stereocenters. The molecule has 0 N–H and O–H groups in total. The summed E-state index contributed by atoms with van der Waals surface area (Å²) in [5, 5.41) is 0. The minimum absolute atomic E-state index is 0.0299. The summed E-state index contributed by atoms with van der Waals surface area (Å²) in [6, 6.07) is 0. The first kappa shape index (κ1) is 14.0. The molecule has 0 spiro atoms. The van der Waals surface area contributed by atoms with Crippen LogP contribution in [0.15, 0.2) is 23.1 Å². The van der Waals surface area contributed by atoms with Gasteiger partial charge in [-0.15, -0.1) is 0 Å². The van der Waals surface area contributed by atoms with Crippen molar-refractivity contribution in [1.29, 1.82) is 0 Å². The van der Waals surface area contributed by atoms with Gasteiger partial charge < -0.3 is 4.74 Å². The molecule has 0 radical (unpaired) electrons. The summed E-state index contributed by atoms with van der Waals surface area (Å²) in [6.07, 6.45) is 5.23. The third-order valence-electron chi connectivity index (χ3n) is 3.81. The molecule has 18 heavy (non-hydrogen) atoms. The summed E-state index contributed by atoms with van der Waals surface area (Å²) in [7, 11) is 3.11. The van der Waals surface area contributed by atoms with E-state index in [0.717, 1.165) is 0 Å². The van der Waals surface area contributed by atoms with Crippen molar-refractivity contribution >= 4 is 19.7 Å². The SMILES string of the molecule is COC1CC(F)(C2C=CC(S(=O)(=O)Cl)=CC2C)C1. The second-order valence-electron chi connectivity index (χ2n) is 5.05. The van der Waals surface area contributed by atoms with E-state index < -0.39 is 14.7 Å². The van der Waals surface area contributed by atoms with Crippen LogP contribution in [0.3, 0.4) is 0 Å². The van der Waals surface area contributed by atoms with Crippen LogP contribution in [0, 0.1) is 11.8 Å². The highest BCUT2D eigenvalue weighted by molar-refractivity contribution is 8.17. The number of ether oxygens (including phenoxy) is 1. The average molecular weight is 295 g/mol. The Hall–Kier alpha value is -0.390. The van der Waals surface area contributed by atoms with Gasteiger partial charge in [-0.2, -0.15) is 0 Å². The zero-order valence-corrected chi connectivity index (χ0v) is 11.8. The smallest absolute Gasteiger partial charge is 0.260 e. The fourth-order valence-corrected chi connectivity index (χ4v) is 3.66. The van der Waals surface area contributed by atoms with Crippen molar-refractivity contribution in [2.24, 2.45) is 11.8 Å². The Morgan fingerprint density at radius 3 is 2.56 bits per heavy atom. The molecule has 102 valence electrons. The third kappa shape index (κ3) is 2.49. The van der Waals surface area contributed by atoms with Gasteiger partial charge >= 0.3 is 0 Å². The van der Waals surface area contributed by atoms with Crippen LogP contribution in [0.5, 0.6) is 0 Å². The monoisotopic (exact) mass is 294 g/mol. The molecule has 0 aromatic heterocycles. The van der Waals surface area contributed by atoms with Crippen molar-refractivity contribution < 1.29 is 17.5 Å². The molecule has 0 amide bonds. The Morgan fingerprint density at radius 2 is 2.11 bits per heavy atom. The Morgan fingerprint density at radius 1 is 1.50 bits per heavy atom. The maximum absolute atomic E-state index is 14.6. The largest absolute Gasteiger partial charge is 0.381 e. The maximum atomic E-state index is 14.6. The van der Waals surface area contributed by atoms with Gasteiger partial charge in [0, 0.05) is 36.6 Å². The molecule has 0 aliphatic heterocycles. The first-order valence-corrected chi connectivity index (χ1v) is 8.13. The summed E-state index contributed by atoms with van der Waals surface area (Å²) >= 11 is 0. The summed E-state index contributed by atoms with van der Waals surface area (Å²) in [6.45, 7) is 1.80. The quantitative estimate of drug-likeness (QED) is 0.752. The van der Waals surface area contributed by atoms with Crippen molar-refractivity contribution in [2.45, 2.75) is 31.5 Å². The molecule has 0 heterocycles. The van der Waals surface area contributed by atoms with Gasteiger partial charge in [0.2, 0.25) is 0 Å². The number of hydrogen-bond acceptors (Lipinski definition) is 3. The number of hydrogen-bond donors (Lipinski definition) is 0. The number of allylic oxidation sites excluding steroid dienone is 3. The van der Waals surface area contributed by atoms with Gasteiger partial charge in [-0.3, -0.25) is 0 Å². The second kappa shape index (κ2) is 4.62.